The van der Waals surface area contributed by atoms with Gasteiger partial charge in [-0.2, -0.15) is 0 Å². The SMILES string of the molecule is COc1cccc(OC[C@@H](O)CNC(=O)[C@H]2CCCN2c2nc(C)c3ccccc3n2)c1. The number of anilines is 1. The maximum atomic E-state index is 12.9. The van der Waals surface area contributed by atoms with Crippen LogP contribution in [0.1, 0.15) is 18.5 Å². The molecule has 2 N–H and O–H groups in total. The van der Waals surface area contributed by atoms with Crippen molar-refractivity contribution in [2.75, 3.05) is 31.7 Å². The van der Waals surface area contributed by atoms with Crippen molar-refractivity contribution in [2.24, 2.45) is 0 Å². The molecule has 8 nitrogen and oxygen atoms in total. The molecule has 1 fully saturated rings. The highest BCUT2D eigenvalue weighted by atomic mass is 16.5. The number of aryl methyl sites for hydroxylation is 1. The third-order valence-electron chi connectivity index (χ3n) is 5.59. The number of carbonyl (C=O) groups excluding carboxylic acids is 1. The Morgan fingerprint density at radius 1 is 1.22 bits per heavy atom. The van der Waals surface area contributed by atoms with Crippen molar-refractivity contribution in [3.8, 4) is 11.5 Å². The highest BCUT2D eigenvalue weighted by Gasteiger charge is 2.33. The Hall–Kier alpha value is -3.39. The van der Waals surface area contributed by atoms with E-state index in [2.05, 4.69) is 15.3 Å². The van der Waals surface area contributed by atoms with Crippen LogP contribution in [0.3, 0.4) is 0 Å². The zero-order valence-electron chi connectivity index (χ0n) is 18.3. The van der Waals surface area contributed by atoms with Crippen molar-refractivity contribution in [3.63, 3.8) is 0 Å². The third kappa shape index (κ3) is 4.91. The minimum absolute atomic E-state index is 0.0643. The monoisotopic (exact) mass is 436 g/mol. The summed E-state index contributed by atoms with van der Waals surface area (Å²) in [6.07, 6.45) is 0.769. The second-order valence-electron chi connectivity index (χ2n) is 7.87. The number of para-hydroxylation sites is 1. The highest BCUT2D eigenvalue weighted by Crippen LogP contribution is 2.26. The molecule has 1 aliphatic rings. The fraction of sp³-hybridized carbons (Fsp3) is 0.375. The molecule has 4 rings (SSSR count). The van der Waals surface area contributed by atoms with E-state index >= 15 is 0 Å². The molecule has 8 heteroatoms. The number of aliphatic hydroxyl groups is 1. The number of aromatic nitrogens is 2. The van der Waals surface area contributed by atoms with E-state index in [-0.39, 0.29) is 25.1 Å². The number of hydrogen-bond donors (Lipinski definition) is 2. The molecule has 0 radical (unpaired) electrons. The van der Waals surface area contributed by atoms with Gasteiger partial charge in [0.05, 0.1) is 18.3 Å². The Labute approximate surface area is 187 Å². The Morgan fingerprint density at radius 3 is 2.88 bits per heavy atom. The van der Waals surface area contributed by atoms with E-state index in [1.54, 1.807) is 19.2 Å². The summed E-state index contributed by atoms with van der Waals surface area (Å²) in [5.41, 5.74) is 1.76. The van der Waals surface area contributed by atoms with E-state index in [4.69, 9.17) is 9.47 Å². The molecule has 2 heterocycles. The molecule has 32 heavy (non-hydrogen) atoms. The minimum Gasteiger partial charge on any atom is -0.497 e. The number of benzene rings is 2. The van der Waals surface area contributed by atoms with Gasteiger partial charge in [-0.1, -0.05) is 24.3 Å². The smallest absolute Gasteiger partial charge is 0.242 e. The van der Waals surface area contributed by atoms with Gasteiger partial charge in [0.1, 0.15) is 30.3 Å². The molecule has 0 aliphatic carbocycles. The molecule has 1 aromatic heterocycles. The first-order valence-electron chi connectivity index (χ1n) is 10.8. The fourth-order valence-electron chi connectivity index (χ4n) is 3.91. The van der Waals surface area contributed by atoms with Crippen LogP contribution in [0.4, 0.5) is 5.95 Å². The zero-order chi connectivity index (χ0) is 22.5. The lowest BCUT2D eigenvalue weighted by atomic mass is 10.2. The van der Waals surface area contributed by atoms with Crippen LogP contribution in [0, 0.1) is 6.92 Å². The zero-order valence-corrected chi connectivity index (χ0v) is 18.3. The Kier molecular flexibility index (Phi) is 6.70. The molecule has 1 saturated heterocycles. The summed E-state index contributed by atoms with van der Waals surface area (Å²) in [5, 5.41) is 14.1. The Morgan fingerprint density at radius 2 is 2.03 bits per heavy atom. The molecule has 0 spiro atoms. The normalized spacial score (nSPS) is 16.7. The van der Waals surface area contributed by atoms with Crippen molar-refractivity contribution < 1.29 is 19.4 Å². The van der Waals surface area contributed by atoms with E-state index < -0.39 is 6.10 Å². The van der Waals surface area contributed by atoms with Crippen molar-refractivity contribution in [2.45, 2.75) is 31.9 Å². The van der Waals surface area contributed by atoms with Crippen LogP contribution in [0.15, 0.2) is 48.5 Å². The van der Waals surface area contributed by atoms with E-state index in [9.17, 15) is 9.90 Å². The number of fused-ring (bicyclic) bond motifs is 1. The average Bonchev–Trinajstić information content (AvgIpc) is 3.31. The summed E-state index contributed by atoms with van der Waals surface area (Å²) in [5.74, 6) is 1.70. The average molecular weight is 437 g/mol. The van der Waals surface area contributed by atoms with Gasteiger partial charge in [0, 0.05) is 24.5 Å². The summed E-state index contributed by atoms with van der Waals surface area (Å²) in [4.78, 5) is 24.1. The van der Waals surface area contributed by atoms with Gasteiger partial charge >= 0.3 is 0 Å². The van der Waals surface area contributed by atoms with E-state index in [0.717, 1.165) is 36.0 Å². The maximum Gasteiger partial charge on any atom is 0.242 e. The lowest BCUT2D eigenvalue weighted by molar-refractivity contribution is -0.122. The molecule has 0 bridgehead atoms. The molecule has 1 aliphatic heterocycles. The van der Waals surface area contributed by atoms with Crippen LogP contribution in [0.25, 0.3) is 10.9 Å². The van der Waals surface area contributed by atoms with E-state index in [0.29, 0.717) is 17.4 Å². The van der Waals surface area contributed by atoms with Gasteiger partial charge in [-0.3, -0.25) is 4.79 Å². The molecule has 168 valence electrons. The summed E-state index contributed by atoms with van der Waals surface area (Å²) in [6.45, 7) is 2.84. The first kappa shape index (κ1) is 21.8. The van der Waals surface area contributed by atoms with Crippen LogP contribution < -0.4 is 19.7 Å². The van der Waals surface area contributed by atoms with Gasteiger partial charge in [0.25, 0.3) is 0 Å². The first-order valence-corrected chi connectivity index (χ1v) is 10.8. The van der Waals surface area contributed by atoms with Crippen LogP contribution >= 0.6 is 0 Å². The largest absolute Gasteiger partial charge is 0.497 e. The Balaban J connectivity index is 1.34. The second kappa shape index (κ2) is 9.82. The molecular weight excluding hydrogens is 408 g/mol. The number of carbonyl (C=O) groups is 1. The van der Waals surface area contributed by atoms with Gasteiger partial charge in [-0.15, -0.1) is 0 Å². The molecular formula is C24H28N4O4. The fourth-order valence-corrected chi connectivity index (χ4v) is 3.91. The van der Waals surface area contributed by atoms with Crippen LogP contribution in [0.5, 0.6) is 11.5 Å². The first-order chi connectivity index (χ1) is 15.5. The lowest BCUT2D eigenvalue weighted by Gasteiger charge is -2.25. The number of nitrogens with one attached hydrogen (secondary N) is 1. The molecule has 0 unspecified atom stereocenters. The topological polar surface area (TPSA) is 96.8 Å². The highest BCUT2D eigenvalue weighted by molar-refractivity contribution is 5.86. The van der Waals surface area contributed by atoms with Gasteiger partial charge in [0.2, 0.25) is 11.9 Å². The number of rotatable bonds is 8. The van der Waals surface area contributed by atoms with Crippen LogP contribution in [-0.4, -0.2) is 59.9 Å². The van der Waals surface area contributed by atoms with Crippen molar-refractivity contribution in [1.29, 1.82) is 0 Å². The van der Waals surface area contributed by atoms with Crippen LogP contribution in [-0.2, 0) is 4.79 Å². The summed E-state index contributed by atoms with van der Waals surface area (Å²) in [7, 11) is 1.58. The van der Waals surface area contributed by atoms with E-state index in [1.165, 1.54) is 0 Å². The van der Waals surface area contributed by atoms with E-state index in [1.807, 2.05) is 48.2 Å². The summed E-state index contributed by atoms with van der Waals surface area (Å²) < 4.78 is 10.8. The number of nitrogens with zero attached hydrogens (tertiary/aromatic N) is 3. The molecule has 0 saturated carbocycles. The van der Waals surface area contributed by atoms with Gasteiger partial charge in [0.15, 0.2) is 0 Å². The van der Waals surface area contributed by atoms with Gasteiger partial charge < -0.3 is 24.8 Å². The van der Waals surface area contributed by atoms with Gasteiger partial charge in [-0.05, 0) is 38.0 Å². The molecule has 2 aromatic carbocycles. The molecule has 2 atom stereocenters. The van der Waals surface area contributed by atoms with Crippen molar-refractivity contribution in [3.05, 3.63) is 54.2 Å². The standard InChI is InChI=1S/C24H28N4O4/c1-16-20-9-3-4-10-21(20)27-24(26-16)28-12-6-11-22(28)23(30)25-14-17(29)15-32-19-8-5-7-18(13-19)31-2/h3-5,7-10,13,17,22,29H,6,11-12,14-15H2,1-2H3,(H,25,30)/t17-,22+/m0/s1. The number of methoxy groups -OCH3 is 1. The Bertz CT molecular complexity index is 1090. The molecule has 1 amide bonds. The summed E-state index contributed by atoms with van der Waals surface area (Å²) in [6, 6.07) is 14.7. The number of hydrogen-bond acceptors (Lipinski definition) is 7. The minimum atomic E-state index is -0.834. The molecule has 3 aromatic rings. The quantitative estimate of drug-likeness (QED) is 0.560. The predicted molar refractivity (Wildman–Crippen MR) is 122 cm³/mol. The summed E-state index contributed by atoms with van der Waals surface area (Å²) >= 11 is 0. The number of aliphatic hydroxyl groups excluding tert-OH is 1. The van der Waals surface area contributed by atoms with Crippen LogP contribution in [0.2, 0.25) is 0 Å². The van der Waals surface area contributed by atoms with Gasteiger partial charge in [-0.25, -0.2) is 9.97 Å². The maximum absolute atomic E-state index is 12.9. The van der Waals surface area contributed by atoms with Crippen molar-refractivity contribution in [1.82, 2.24) is 15.3 Å². The second-order valence-corrected chi connectivity index (χ2v) is 7.87. The third-order valence-corrected chi connectivity index (χ3v) is 5.59. The lowest BCUT2D eigenvalue weighted by Crippen LogP contribution is -2.46. The predicted octanol–water partition coefficient (Wildman–Crippen LogP) is 2.47. The number of amides is 1. The van der Waals surface area contributed by atoms with Crippen molar-refractivity contribution >= 4 is 22.8 Å². The number of ether oxygens (including phenoxy) is 2.